The average molecular weight is 249 g/mol. The summed E-state index contributed by atoms with van der Waals surface area (Å²) in [4.78, 5) is 8.88. The number of rotatable bonds is 3. The fourth-order valence-electron chi connectivity index (χ4n) is 2.17. The van der Waals surface area contributed by atoms with Gasteiger partial charge in [0.2, 0.25) is 0 Å². The van der Waals surface area contributed by atoms with Crippen LogP contribution in [0.15, 0.2) is 6.07 Å². The average Bonchev–Trinajstić information content (AvgIpc) is 2.31. The molecule has 2 atom stereocenters. The highest BCUT2D eigenvalue weighted by Crippen LogP contribution is 2.20. The summed E-state index contributed by atoms with van der Waals surface area (Å²) in [5.41, 5.74) is 2.02. The zero-order chi connectivity index (χ0) is 13.1. The lowest BCUT2D eigenvalue weighted by Crippen LogP contribution is -2.43. The molecule has 0 amide bonds. The highest BCUT2D eigenvalue weighted by Gasteiger charge is 2.23. The molecule has 0 radical (unpaired) electrons. The first kappa shape index (κ1) is 13.3. The van der Waals surface area contributed by atoms with Crippen LogP contribution in [-0.4, -0.2) is 29.2 Å². The molecule has 0 spiro atoms. The predicted molar refractivity (Wildman–Crippen MR) is 71.9 cm³/mol. The Morgan fingerprint density at radius 2 is 2.17 bits per heavy atom. The van der Waals surface area contributed by atoms with E-state index >= 15 is 0 Å². The molecule has 0 saturated carbocycles. The zero-order valence-electron chi connectivity index (χ0n) is 11.7. The Morgan fingerprint density at radius 1 is 1.39 bits per heavy atom. The molecule has 1 N–H and O–H groups in total. The first-order chi connectivity index (χ1) is 8.56. The van der Waals surface area contributed by atoms with Gasteiger partial charge in [-0.25, -0.2) is 4.98 Å². The maximum absolute atomic E-state index is 5.95. The molecule has 100 valence electrons. The molecule has 1 saturated heterocycles. The Kier molecular flexibility index (Phi) is 4.17. The number of piperidine rings is 1. The largest absolute Gasteiger partial charge is 0.458 e. The SMILES string of the molecule is Cc1cc(C(C)C)nc(OC2CNCCC2C)n1. The number of hydrogen-bond acceptors (Lipinski definition) is 4. The topological polar surface area (TPSA) is 47.0 Å². The summed E-state index contributed by atoms with van der Waals surface area (Å²) in [7, 11) is 0. The van der Waals surface area contributed by atoms with E-state index in [0.29, 0.717) is 17.8 Å². The lowest BCUT2D eigenvalue weighted by atomic mass is 9.97. The molecule has 18 heavy (non-hydrogen) atoms. The van der Waals surface area contributed by atoms with E-state index in [-0.39, 0.29) is 6.10 Å². The highest BCUT2D eigenvalue weighted by atomic mass is 16.5. The van der Waals surface area contributed by atoms with Crippen LogP contribution < -0.4 is 10.1 Å². The van der Waals surface area contributed by atoms with Crippen molar-refractivity contribution in [2.24, 2.45) is 5.92 Å². The minimum Gasteiger partial charge on any atom is -0.458 e. The van der Waals surface area contributed by atoms with Gasteiger partial charge in [-0.2, -0.15) is 4.98 Å². The first-order valence-electron chi connectivity index (χ1n) is 6.79. The quantitative estimate of drug-likeness (QED) is 0.893. The van der Waals surface area contributed by atoms with Gasteiger partial charge in [0.25, 0.3) is 0 Å². The summed E-state index contributed by atoms with van der Waals surface area (Å²) in [6, 6.07) is 2.55. The third-order valence-electron chi connectivity index (χ3n) is 3.46. The lowest BCUT2D eigenvalue weighted by Gasteiger charge is -2.29. The third-order valence-corrected chi connectivity index (χ3v) is 3.46. The number of aromatic nitrogens is 2. The smallest absolute Gasteiger partial charge is 0.317 e. The van der Waals surface area contributed by atoms with Gasteiger partial charge in [0.1, 0.15) is 6.10 Å². The Morgan fingerprint density at radius 3 is 2.83 bits per heavy atom. The van der Waals surface area contributed by atoms with Crippen molar-refractivity contribution in [3.63, 3.8) is 0 Å². The summed E-state index contributed by atoms with van der Waals surface area (Å²) >= 11 is 0. The molecule has 0 aliphatic carbocycles. The summed E-state index contributed by atoms with van der Waals surface area (Å²) in [6.45, 7) is 10.4. The molecule has 1 aromatic heterocycles. The second-order valence-corrected chi connectivity index (χ2v) is 5.50. The standard InChI is InChI=1S/C14H23N3O/c1-9(2)12-7-11(4)16-14(17-12)18-13-8-15-6-5-10(13)3/h7,9-10,13,15H,5-6,8H2,1-4H3. The van der Waals surface area contributed by atoms with Crippen molar-refractivity contribution in [2.45, 2.75) is 46.1 Å². The first-order valence-corrected chi connectivity index (χ1v) is 6.79. The molecule has 1 aliphatic rings. The fourth-order valence-corrected chi connectivity index (χ4v) is 2.17. The van der Waals surface area contributed by atoms with Crippen LogP contribution in [-0.2, 0) is 0 Å². The van der Waals surface area contributed by atoms with Crippen LogP contribution >= 0.6 is 0 Å². The Balaban J connectivity index is 2.12. The van der Waals surface area contributed by atoms with E-state index < -0.39 is 0 Å². The van der Waals surface area contributed by atoms with E-state index in [1.54, 1.807) is 0 Å². The summed E-state index contributed by atoms with van der Waals surface area (Å²) < 4.78 is 5.95. The van der Waals surface area contributed by atoms with Crippen LogP contribution in [0.25, 0.3) is 0 Å². The molecule has 0 bridgehead atoms. The van der Waals surface area contributed by atoms with Gasteiger partial charge in [-0.15, -0.1) is 0 Å². The molecule has 2 unspecified atom stereocenters. The Hall–Kier alpha value is -1.16. The Bertz CT molecular complexity index is 406. The molecule has 2 rings (SSSR count). The minimum atomic E-state index is 0.181. The molecular weight excluding hydrogens is 226 g/mol. The van der Waals surface area contributed by atoms with Crippen molar-refractivity contribution in [3.8, 4) is 6.01 Å². The fraction of sp³-hybridized carbons (Fsp3) is 0.714. The van der Waals surface area contributed by atoms with E-state index in [1.165, 1.54) is 0 Å². The van der Waals surface area contributed by atoms with Gasteiger partial charge >= 0.3 is 6.01 Å². The maximum Gasteiger partial charge on any atom is 0.317 e. The summed E-state index contributed by atoms with van der Waals surface area (Å²) in [5.74, 6) is 0.953. The predicted octanol–water partition coefficient (Wildman–Crippen LogP) is 2.29. The van der Waals surface area contributed by atoms with Gasteiger partial charge in [-0.05, 0) is 37.8 Å². The molecule has 0 aromatic carbocycles. The van der Waals surface area contributed by atoms with E-state index in [4.69, 9.17) is 4.74 Å². The molecule has 4 heteroatoms. The minimum absolute atomic E-state index is 0.181. The molecule has 1 fully saturated rings. The van der Waals surface area contributed by atoms with Crippen molar-refractivity contribution in [3.05, 3.63) is 17.5 Å². The van der Waals surface area contributed by atoms with Crippen molar-refractivity contribution in [2.75, 3.05) is 13.1 Å². The van der Waals surface area contributed by atoms with Gasteiger partial charge in [-0.1, -0.05) is 20.8 Å². The zero-order valence-corrected chi connectivity index (χ0v) is 11.7. The van der Waals surface area contributed by atoms with Crippen LogP contribution in [0, 0.1) is 12.8 Å². The second-order valence-electron chi connectivity index (χ2n) is 5.50. The number of nitrogens with zero attached hydrogens (tertiary/aromatic N) is 2. The van der Waals surface area contributed by atoms with Crippen LogP contribution in [0.3, 0.4) is 0 Å². The van der Waals surface area contributed by atoms with E-state index in [1.807, 2.05) is 13.0 Å². The molecule has 2 heterocycles. The molecular formula is C14H23N3O. The lowest BCUT2D eigenvalue weighted by molar-refractivity contribution is 0.103. The van der Waals surface area contributed by atoms with Gasteiger partial charge in [0.05, 0.1) is 5.69 Å². The summed E-state index contributed by atoms with van der Waals surface area (Å²) in [6.07, 6.45) is 1.33. The van der Waals surface area contributed by atoms with Crippen LogP contribution in [0.4, 0.5) is 0 Å². The molecule has 1 aromatic rings. The van der Waals surface area contributed by atoms with Crippen molar-refractivity contribution < 1.29 is 4.74 Å². The number of hydrogen-bond donors (Lipinski definition) is 1. The molecule has 4 nitrogen and oxygen atoms in total. The van der Waals surface area contributed by atoms with Crippen LogP contribution in [0.2, 0.25) is 0 Å². The van der Waals surface area contributed by atoms with Crippen molar-refractivity contribution in [1.29, 1.82) is 0 Å². The van der Waals surface area contributed by atoms with Gasteiger partial charge in [-0.3, -0.25) is 0 Å². The normalized spacial score (nSPS) is 24.3. The summed E-state index contributed by atoms with van der Waals surface area (Å²) in [5, 5.41) is 3.36. The van der Waals surface area contributed by atoms with Gasteiger partial charge in [0, 0.05) is 12.2 Å². The van der Waals surface area contributed by atoms with Crippen LogP contribution in [0.5, 0.6) is 6.01 Å². The van der Waals surface area contributed by atoms with E-state index in [0.717, 1.165) is 30.9 Å². The van der Waals surface area contributed by atoms with Gasteiger partial charge in [0.15, 0.2) is 0 Å². The van der Waals surface area contributed by atoms with Gasteiger partial charge < -0.3 is 10.1 Å². The maximum atomic E-state index is 5.95. The Labute approximate surface area is 109 Å². The number of ether oxygens (including phenoxy) is 1. The monoisotopic (exact) mass is 249 g/mol. The van der Waals surface area contributed by atoms with Crippen molar-refractivity contribution >= 4 is 0 Å². The second kappa shape index (κ2) is 5.65. The number of aryl methyl sites for hydroxylation is 1. The van der Waals surface area contributed by atoms with Crippen LogP contribution in [0.1, 0.15) is 44.5 Å². The van der Waals surface area contributed by atoms with Crippen molar-refractivity contribution in [1.82, 2.24) is 15.3 Å². The van der Waals surface area contributed by atoms with E-state index in [9.17, 15) is 0 Å². The highest BCUT2D eigenvalue weighted by molar-refractivity contribution is 5.15. The third kappa shape index (κ3) is 3.19. The van der Waals surface area contributed by atoms with E-state index in [2.05, 4.69) is 36.1 Å². The number of nitrogens with one attached hydrogen (secondary N) is 1. The molecule has 1 aliphatic heterocycles.